The molecule has 4 nitrogen and oxygen atoms in total. The van der Waals surface area contributed by atoms with Crippen molar-refractivity contribution in [1.82, 2.24) is 5.32 Å². The molecule has 31 heavy (non-hydrogen) atoms. The van der Waals surface area contributed by atoms with Crippen molar-refractivity contribution < 1.29 is 14.0 Å². The van der Waals surface area contributed by atoms with Gasteiger partial charge < -0.3 is 5.32 Å². The van der Waals surface area contributed by atoms with E-state index in [1.165, 1.54) is 28.4 Å². The lowest BCUT2D eigenvalue weighted by Crippen LogP contribution is -2.46. The van der Waals surface area contributed by atoms with Crippen molar-refractivity contribution >= 4 is 28.8 Å². The quantitative estimate of drug-likeness (QED) is 0.549. The fourth-order valence-corrected chi connectivity index (χ4v) is 4.79. The first-order valence-corrected chi connectivity index (χ1v) is 11.4. The van der Waals surface area contributed by atoms with Crippen LogP contribution < -0.4 is 10.2 Å². The van der Waals surface area contributed by atoms with Crippen LogP contribution in [0.5, 0.6) is 0 Å². The van der Waals surface area contributed by atoms with Crippen molar-refractivity contribution in [3.63, 3.8) is 0 Å². The third-order valence-corrected chi connectivity index (χ3v) is 6.48. The highest BCUT2D eigenvalue weighted by molar-refractivity contribution is 7.10. The number of amides is 2. The molecule has 1 heterocycles. The van der Waals surface area contributed by atoms with Gasteiger partial charge in [-0.2, -0.15) is 0 Å². The molecule has 1 aliphatic rings. The van der Waals surface area contributed by atoms with Crippen LogP contribution in [0.25, 0.3) is 0 Å². The Morgan fingerprint density at radius 1 is 1.00 bits per heavy atom. The van der Waals surface area contributed by atoms with Crippen molar-refractivity contribution in [3.05, 3.63) is 88.4 Å². The summed E-state index contributed by atoms with van der Waals surface area (Å²) in [6.07, 6.45) is 4.27. The Balaban J connectivity index is 1.73. The summed E-state index contributed by atoms with van der Waals surface area (Å²) >= 11 is 1.50. The molecule has 1 aliphatic carbocycles. The summed E-state index contributed by atoms with van der Waals surface area (Å²) in [5.41, 5.74) is 1.22. The number of anilines is 1. The summed E-state index contributed by atoms with van der Waals surface area (Å²) in [4.78, 5) is 29.5. The summed E-state index contributed by atoms with van der Waals surface area (Å²) in [6, 6.07) is 18.2. The Kier molecular flexibility index (Phi) is 6.77. The van der Waals surface area contributed by atoms with Crippen LogP contribution in [-0.2, 0) is 16.0 Å². The number of carbonyl (C=O) groups excluding carboxylic acids is 2. The summed E-state index contributed by atoms with van der Waals surface area (Å²) in [5, 5.41) is 5.07. The molecule has 160 valence electrons. The van der Waals surface area contributed by atoms with E-state index in [-0.39, 0.29) is 30.1 Å². The van der Waals surface area contributed by atoms with Crippen LogP contribution in [-0.4, -0.2) is 17.9 Å². The molecule has 1 aromatic heterocycles. The molecule has 4 rings (SSSR count). The van der Waals surface area contributed by atoms with Gasteiger partial charge in [-0.05, 0) is 54.1 Å². The van der Waals surface area contributed by atoms with Crippen LogP contribution >= 0.6 is 11.3 Å². The number of hydrogen-bond acceptors (Lipinski definition) is 3. The van der Waals surface area contributed by atoms with Crippen molar-refractivity contribution in [2.75, 3.05) is 4.90 Å². The Labute approximate surface area is 185 Å². The molecule has 1 atom stereocenters. The number of carbonyl (C=O) groups is 2. The van der Waals surface area contributed by atoms with Gasteiger partial charge in [-0.25, -0.2) is 4.39 Å². The topological polar surface area (TPSA) is 49.4 Å². The molecule has 0 aliphatic heterocycles. The highest BCUT2D eigenvalue weighted by atomic mass is 32.1. The minimum atomic E-state index is -0.834. The van der Waals surface area contributed by atoms with Gasteiger partial charge in [0.25, 0.3) is 0 Å². The van der Waals surface area contributed by atoms with E-state index in [0.717, 1.165) is 36.1 Å². The van der Waals surface area contributed by atoms with Crippen molar-refractivity contribution in [1.29, 1.82) is 0 Å². The summed E-state index contributed by atoms with van der Waals surface area (Å²) in [6.45, 7) is 0. The van der Waals surface area contributed by atoms with Gasteiger partial charge in [0, 0.05) is 16.6 Å². The first kappa shape index (κ1) is 21.2. The molecular weight excluding hydrogens is 411 g/mol. The normalized spacial score (nSPS) is 14.9. The monoisotopic (exact) mass is 436 g/mol. The zero-order valence-corrected chi connectivity index (χ0v) is 18.0. The number of rotatable bonds is 7. The standard InChI is InChI=1S/C25H25FN2O2S/c26-19-12-14-21(15-13-19)28(23(29)17-22-11-6-16-31-22)24(18-7-2-1-3-8-18)25(30)27-20-9-4-5-10-20/h1-3,6-8,11-16,20,24H,4-5,9-10,17H2,(H,27,30)/t24-/m1/s1. The van der Waals surface area contributed by atoms with E-state index in [1.807, 2.05) is 47.8 Å². The summed E-state index contributed by atoms with van der Waals surface area (Å²) < 4.78 is 13.6. The predicted octanol–water partition coefficient (Wildman–Crippen LogP) is 5.26. The summed E-state index contributed by atoms with van der Waals surface area (Å²) in [7, 11) is 0. The maximum absolute atomic E-state index is 13.6. The maximum Gasteiger partial charge on any atom is 0.248 e. The zero-order chi connectivity index (χ0) is 21.6. The van der Waals surface area contributed by atoms with Gasteiger partial charge in [-0.1, -0.05) is 49.2 Å². The van der Waals surface area contributed by atoms with E-state index in [0.29, 0.717) is 5.69 Å². The molecule has 6 heteroatoms. The number of nitrogens with one attached hydrogen (secondary N) is 1. The fraction of sp³-hybridized carbons (Fsp3) is 0.280. The van der Waals surface area contributed by atoms with Gasteiger partial charge in [0.05, 0.1) is 6.42 Å². The third kappa shape index (κ3) is 5.20. The second-order valence-corrected chi connectivity index (χ2v) is 8.83. The molecule has 0 bridgehead atoms. The van der Waals surface area contributed by atoms with E-state index in [1.54, 1.807) is 12.1 Å². The molecule has 3 aromatic rings. The van der Waals surface area contributed by atoms with Crippen LogP contribution in [0.15, 0.2) is 72.1 Å². The van der Waals surface area contributed by atoms with E-state index in [4.69, 9.17) is 0 Å². The maximum atomic E-state index is 13.6. The molecule has 0 spiro atoms. The Morgan fingerprint density at radius 3 is 2.35 bits per heavy atom. The van der Waals surface area contributed by atoms with Crippen LogP contribution in [0, 0.1) is 5.82 Å². The zero-order valence-electron chi connectivity index (χ0n) is 17.2. The first-order chi connectivity index (χ1) is 15.1. The average molecular weight is 437 g/mol. The number of benzene rings is 2. The van der Waals surface area contributed by atoms with Gasteiger partial charge in [-0.15, -0.1) is 11.3 Å². The first-order valence-electron chi connectivity index (χ1n) is 10.6. The molecule has 2 amide bonds. The molecule has 0 radical (unpaired) electrons. The number of halogens is 1. The SMILES string of the molecule is O=C(NC1CCCC1)[C@@H](c1ccccc1)N(C(=O)Cc1cccs1)c1ccc(F)cc1. The average Bonchev–Trinajstić information content (AvgIpc) is 3.47. The Hall–Kier alpha value is -2.99. The fourth-order valence-electron chi connectivity index (χ4n) is 4.09. The molecule has 2 aromatic carbocycles. The Bertz CT molecular complexity index is 1000. The van der Waals surface area contributed by atoms with Crippen molar-refractivity contribution in [2.45, 2.75) is 44.2 Å². The van der Waals surface area contributed by atoms with Gasteiger partial charge in [-0.3, -0.25) is 14.5 Å². The van der Waals surface area contributed by atoms with E-state index >= 15 is 0 Å². The molecule has 0 saturated heterocycles. The number of nitrogens with zero attached hydrogens (tertiary/aromatic N) is 1. The largest absolute Gasteiger partial charge is 0.351 e. The van der Waals surface area contributed by atoms with Gasteiger partial charge in [0.1, 0.15) is 11.9 Å². The highest BCUT2D eigenvalue weighted by Gasteiger charge is 2.34. The second-order valence-electron chi connectivity index (χ2n) is 7.80. The van der Waals surface area contributed by atoms with Crippen LogP contribution in [0.1, 0.15) is 42.2 Å². The van der Waals surface area contributed by atoms with E-state index < -0.39 is 6.04 Å². The number of thiophene rings is 1. The minimum absolute atomic E-state index is 0.126. The third-order valence-electron chi connectivity index (χ3n) is 5.60. The smallest absolute Gasteiger partial charge is 0.248 e. The lowest BCUT2D eigenvalue weighted by molar-refractivity contribution is -0.127. The molecule has 1 fully saturated rings. The summed E-state index contributed by atoms with van der Waals surface area (Å²) in [5.74, 6) is -0.799. The molecular formula is C25H25FN2O2S. The van der Waals surface area contributed by atoms with Crippen molar-refractivity contribution in [3.8, 4) is 0 Å². The van der Waals surface area contributed by atoms with Gasteiger partial charge in [0.15, 0.2) is 0 Å². The minimum Gasteiger partial charge on any atom is -0.351 e. The van der Waals surface area contributed by atoms with Crippen LogP contribution in [0.2, 0.25) is 0 Å². The number of hydrogen-bond donors (Lipinski definition) is 1. The van der Waals surface area contributed by atoms with Gasteiger partial charge >= 0.3 is 0 Å². The predicted molar refractivity (Wildman–Crippen MR) is 121 cm³/mol. The van der Waals surface area contributed by atoms with Gasteiger partial charge in [0.2, 0.25) is 11.8 Å². The molecule has 0 unspecified atom stereocenters. The lowest BCUT2D eigenvalue weighted by atomic mass is 10.0. The Morgan fingerprint density at radius 2 is 1.71 bits per heavy atom. The van der Waals surface area contributed by atoms with E-state index in [9.17, 15) is 14.0 Å². The van der Waals surface area contributed by atoms with E-state index in [2.05, 4.69) is 5.32 Å². The van der Waals surface area contributed by atoms with Crippen LogP contribution in [0.3, 0.4) is 0 Å². The highest BCUT2D eigenvalue weighted by Crippen LogP contribution is 2.30. The molecule has 1 N–H and O–H groups in total. The van der Waals surface area contributed by atoms with Crippen LogP contribution in [0.4, 0.5) is 10.1 Å². The second kappa shape index (κ2) is 9.88. The van der Waals surface area contributed by atoms with Crippen molar-refractivity contribution in [2.24, 2.45) is 0 Å². The lowest BCUT2D eigenvalue weighted by Gasteiger charge is -2.32. The molecule has 1 saturated carbocycles.